The molecule has 0 amide bonds. The van der Waals surface area contributed by atoms with Gasteiger partial charge in [-0.05, 0) is 20.1 Å². The molecule has 1 heteroatoms. The summed E-state index contributed by atoms with van der Waals surface area (Å²) < 4.78 is 0. The fourth-order valence-electron chi connectivity index (χ4n) is 0.504. The molecular formula is C11H22S. The number of allylic oxidation sites excluding steroid dienone is 5. The van der Waals surface area contributed by atoms with Crippen molar-refractivity contribution >= 4 is 12.6 Å². The van der Waals surface area contributed by atoms with Gasteiger partial charge in [-0.1, -0.05) is 50.3 Å². The van der Waals surface area contributed by atoms with Crippen LogP contribution in [0.3, 0.4) is 0 Å². The van der Waals surface area contributed by atoms with Crippen LogP contribution in [-0.2, 0) is 0 Å². The summed E-state index contributed by atoms with van der Waals surface area (Å²) in [4.78, 5) is 0. The van der Waals surface area contributed by atoms with Gasteiger partial charge < -0.3 is 0 Å². The molecule has 0 aliphatic rings. The van der Waals surface area contributed by atoms with E-state index in [1.165, 1.54) is 5.57 Å². The molecular weight excluding hydrogens is 164 g/mol. The van der Waals surface area contributed by atoms with Crippen molar-refractivity contribution in [2.75, 3.05) is 6.26 Å². The third-order valence-electron chi connectivity index (χ3n) is 0.810. The summed E-state index contributed by atoms with van der Waals surface area (Å²) in [6.07, 6.45) is 9.51. The van der Waals surface area contributed by atoms with Crippen LogP contribution in [0.15, 0.2) is 36.5 Å². The third-order valence-corrected chi connectivity index (χ3v) is 0.810. The van der Waals surface area contributed by atoms with Gasteiger partial charge in [-0.3, -0.25) is 0 Å². The largest absolute Gasteiger partial charge is 0.183 e. The van der Waals surface area contributed by atoms with Gasteiger partial charge in [0.25, 0.3) is 0 Å². The number of hydrogen-bond acceptors (Lipinski definition) is 1. The van der Waals surface area contributed by atoms with E-state index >= 15 is 0 Å². The Morgan fingerprint density at radius 2 is 1.67 bits per heavy atom. The van der Waals surface area contributed by atoms with Crippen molar-refractivity contribution in [2.45, 2.75) is 27.7 Å². The number of thiol groups is 1. The Kier molecular flexibility index (Phi) is 32.9. The first-order valence-corrected chi connectivity index (χ1v) is 5.07. The molecule has 0 N–H and O–H groups in total. The molecule has 0 aliphatic carbocycles. The highest BCUT2D eigenvalue weighted by Crippen LogP contribution is 1.92. The Labute approximate surface area is 83.5 Å². The van der Waals surface area contributed by atoms with Crippen LogP contribution < -0.4 is 0 Å². The lowest BCUT2D eigenvalue weighted by molar-refractivity contribution is 1.50. The molecule has 0 nitrogen and oxygen atoms in total. The third kappa shape index (κ3) is 22.7. The summed E-state index contributed by atoms with van der Waals surface area (Å²) in [5.41, 5.74) is 1.24. The van der Waals surface area contributed by atoms with Crippen LogP contribution in [0.2, 0.25) is 0 Å². The molecule has 0 spiro atoms. The minimum Gasteiger partial charge on any atom is -0.183 e. The standard InChI is InChI=1S/C8H12.C2H6.CH4S/c1-4-6-8(3)7-5-2;2*1-2/h4-7H,1H2,2-3H3;1-2H3;2H,1H3/b7-5-,8-6-;;. The number of rotatable bonds is 2. The Bertz CT molecular complexity index is 121. The van der Waals surface area contributed by atoms with Crippen molar-refractivity contribution in [3.63, 3.8) is 0 Å². The van der Waals surface area contributed by atoms with Crippen molar-refractivity contribution in [1.29, 1.82) is 0 Å². The van der Waals surface area contributed by atoms with E-state index in [1.54, 1.807) is 12.3 Å². The topological polar surface area (TPSA) is 0 Å². The van der Waals surface area contributed by atoms with Gasteiger partial charge in [0.2, 0.25) is 0 Å². The summed E-state index contributed by atoms with van der Waals surface area (Å²) in [7, 11) is 0. The predicted molar refractivity (Wildman–Crippen MR) is 65.0 cm³/mol. The first kappa shape index (κ1) is 17.6. The Hall–Kier alpha value is -0.430. The average Bonchev–Trinajstić information content (AvgIpc) is 2.12. The summed E-state index contributed by atoms with van der Waals surface area (Å²) >= 11 is 3.53. The fraction of sp³-hybridized carbons (Fsp3) is 0.455. The smallest absolute Gasteiger partial charge is 0.0215 e. The minimum absolute atomic E-state index is 1.24. The highest BCUT2D eigenvalue weighted by Gasteiger charge is 1.71. The summed E-state index contributed by atoms with van der Waals surface area (Å²) in [5.74, 6) is 0. The lowest BCUT2D eigenvalue weighted by Gasteiger charge is -1.82. The van der Waals surface area contributed by atoms with Gasteiger partial charge in [-0.15, -0.1) is 0 Å². The lowest BCUT2D eigenvalue weighted by atomic mass is 10.2. The van der Waals surface area contributed by atoms with Crippen molar-refractivity contribution in [1.82, 2.24) is 0 Å². The maximum atomic E-state index is 3.57. The van der Waals surface area contributed by atoms with Crippen molar-refractivity contribution in [2.24, 2.45) is 0 Å². The van der Waals surface area contributed by atoms with E-state index in [9.17, 15) is 0 Å². The molecule has 0 fully saturated rings. The van der Waals surface area contributed by atoms with Crippen molar-refractivity contribution in [3.8, 4) is 0 Å². The van der Waals surface area contributed by atoms with Gasteiger partial charge in [0.05, 0.1) is 0 Å². The molecule has 12 heavy (non-hydrogen) atoms. The van der Waals surface area contributed by atoms with E-state index in [0.717, 1.165) is 0 Å². The van der Waals surface area contributed by atoms with Crippen LogP contribution in [0, 0.1) is 0 Å². The highest BCUT2D eigenvalue weighted by molar-refractivity contribution is 7.79. The van der Waals surface area contributed by atoms with E-state index in [4.69, 9.17) is 0 Å². The van der Waals surface area contributed by atoms with E-state index in [1.807, 2.05) is 45.9 Å². The molecule has 0 aromatic carbocycles. The molecule has 0 unspecified atom stereocenters. The first-order valence-electron chi connectivity index (χ1n) is 4.18. The summed E-state index contributed by atoms with van der Waals surface area (Å²) in [5, 5.41) is 0. The second-order valence-electron chi connectivity index (χ2n) is 1.65. The molecule has 0 aliphatic heterocycles. The zero-order valence-electron chi connectivity index (χ0n) is 8.96. The molecule has 0 aromatic heterocycles. The van der Waals surface area contributed by atoms with Crippen LogP contribution in [0.1, 0.15) is 27.7 Å². The van der Waals surface area contributed by atoms with E-state index < -0.39 is 0 Å². The molecule has 0 saturated heterocycles. The normalized spacial score (nSPS) is 9.33. The Morgan fingerprint density at radius 3 is 1.92 bits per heavy atom. The van der Waals surface area contributed by atoms with Gasteiger partial charge in [-0.2, -0.15) is 12.6 Å². The zero-order chi connectivity index (χ0) is 10.4. The molecule has 0 rings (SSSR count). The summed E-state index contributed by atoms with van der Waals surface area (Å²) in [6, 6.07) is 0. The van der Waals surface area contributed by atoms with Crippen LogP contribution in [0.25, 0.3) is 0 Å². The van der Waals surface area contributed by atoms with Crippen LogP contribution in [-0.4, -0.2) is 6.26 Å². The van der Waals surface area contributed by atoms with Crippen LogP contribution in [0.5, 0.6) is 0 Å². The average molecular weight is 186 g/mol. The fourth-order valence-corrected chi connectivity index (χ4v) is 0.504. The van der Waals surface area contributed by atoms with Crippen LogP contribution >= 0.6 is 12.6 Å². The van der Waals surface area contributed by atoms with Gasteiger partial charge in [0, 0.05) is 0 Å². The van der Waals surface area contributed by atoms with E-state index in [-0.39, 0.29) is 0 Å². The number of hydrogen-bond donors (Lipinski definition) is 1. The molecule has 72 valence electrons. The maximum Gasteiger partial charge on any atom is -0.0215 e. The molecule has 0 radical (unpaired) electrons. The second kappa shape index (κ2) is 22.4. The van der Waals surface area contributed by atoms with Crippen molar-refractivity contribution < 1.29 is 0 Å². The molecule has 0 saturated carbocycles. The Morgan fingerprint density at radius 1 is 1.25 bits per heavy atom. The zero-order valence-corrected chi connectivity index (χ0v) is 9.86. The van der Waals surface area contributed by atoms with E-state index in [0.29, 0.717) is 0 Å². The predicted octanol–water partition coefficient (Wildman–Crippen LogP) is 4.27. The van der Waals surface area contributed by atoms with Gasteiger partial charge >= 0.3 is 0 Å². The second-order valence-corrected chi connectivity index (χ2v) is 1.65. The monoisotopic (exact) mass is 186 g/mol. The Balaban J connectivity index is -0.000000175. The van der Waals surface area contributed by atoms with Gasteiger partial charge in [0.1, 0.15) is 0 Å². The SMILES string of the molecule is C=C/C=C(C)\C=C/C.CC.CS. The quantitative estimate of drug-likeness (QED) is 0.483. The van der Waals surface area contributed by atoms with Crippen LogP contribution in [0.4, 0.5) is 0 Å². The van der Waals surface area contributed by atoms with E-state index in [2.05, 4.69) is 19.2 Å². The molecule has 0 atom stereocenters. The van der Waals surface area contributed by atoms with Gasteiger partial charge in [-0.25, -0.2) is 0 Å². The minimum atomic E-state index is 1.24. The van der Waals surface area contributed by atoms with Crippen molar-refractivity contribution in [3.05, 3.63) is 36.5 Å². The maximum absolute atomic E-state index is 3.57. The first-order chi connectivity index (χ1) is 5.81. The molecule has 0 bridgehead atoms. The molecule has 0 aromatic rings. The summed E-state index contributed by atoms with van der Waals surface area (Å²) in [6.45, 7) is 11.6. The van der Waals surface area contributed by atoms with Gasteiger partial charge in [0.15, 0.2) is 0 Å². The highest BCUT2D eigenvalue weighted by atomic mass is 32.1. The lowest BCUT2D eigenvalue weighted by Crippen LogP contribution is -1.61. The molecule has 0 heterocycles.